The van der Waals surface area contributed by atoms with Crippen molar-refractivity contribution < 1.29 is 0 Å². The molecule has 0 amide bonds. The molecule has 5 nitrogen and oxygen atoms in total. The molecule has 1 aliphatic heterocycles. The highest BCUT2D eigenvalue weighted by Crippen LogP contribution is 2.27. The van der Waals surface area contributed by atoms with E-state index in [4.69, 9.17) is 0 Å². The Balaban J connectivity index is 2.12. The molecule has 2 N–H and O–H groups in total. The molecule has 0 aromatic carbocycles. The Morgan fingerprint density at radius 2 is 2.05 bits per heavy atom. The van der Waals surface area contributed by atoms with Gasteiger partial charge in [-0.2, -0.15) is 0 Å². The maximum Gasteiger partial charge on any atom is 0.293 e. The van der Waals surface area contributed by atoms with Gasteiger partial charge in [-0.05, 0) is 52.1 Å². The van der Waals surface area contributed by atoms with Crippen LogP contribution in [-0.4, -0.2) is 29.2 Å². The molecule has 1 fully saturated rings. The molecule has 1 aromatic heterocycles. The van der Waals surface area contributed by atoms with Gasteiger partial charge in [-0.3, -0.25) is 4.79 Å². The summed E-state index contributed by atoms with van der Waals surface area (Å²) in [5.74, 6) is 0.460. The van der Waals surface area contributed by atoms with E-state index >= 15 is 0 Å². The van der Waals surface area contributed by atoms with E-state index in [2.05, 4.69) is 22.5 Å². The zero-order chi connectivity index (χ0) is 14.8. The quantitative estimate of drug-likeness (QED) is 0.885. The number of hydrogen-bond acceptors (Lipinski definition) is 4. The Morgan fingerprint density at radius 3 is 2.65 bits per heavy atom. The minimum absolute atomic E-state index is 0.0439. The van der Waals surface area contributed by atoms with Crippen LogP contribution in [0, 0.1) is 5.41 Å². The Hall–Kier alpha value is -1.36. The zero-order valence-electron chi connectivity index (χ0n) is 13.0. The van der Waals surface area contributed by atoms with Crippen LogP contribution in [0.4, 0.5) is 5.82 Å². The lowest BCUT2D eigenvalue weighted by Gasteiger charge is -2.34. The first-order chi connectivity index (χ1) is 9.32. The molecular weight excluding hydrogens is 252 g/mol. The van der Waals surface area contributed by atoms with Gasteiger partial charge in [-0.1, -0.05) is 6.92 Å². The van der Waals surface area contributed by atoms with Crippen molar-refractivity contribution in [1.29, 1.82) is 0 Å². The molecule has 0 unspecified atom stereocenters. The van der Waals surface area contributed by atoms with E-state index in [1.165, 1.54) is 0 Å². The third-order valence-corrected chi connectivity index (χ3v) is 4.06. The van der Waals surface area contributed by atoms with E-state index in [-0.39, 0.29) is 16.5 Å². The SMILES string of the molecule is CC1(CNc2nccn(C(C)(C)C)c2=O)CCNCC1. The monoisotopic (exact) mass is 278 g/mol. The van der Waals surface area contributed by atoms with Crippen LogP contribution >= 0.6 is 0 Å². The van der Waals surface area contributed by atoms with Gasteiger partial charge in [-0.15, -0.1) is 0 Å². The number of hydrogen-bond donors (Lipinski definition) is 2. The summed E-state index contributed by atoms with van der Waals surface area (Å²) in [5, 5.41) is 6.63. The van der Waals surface area contributed by atoms with E-state index in [9.17, 15) is 4.79 Å². The van der Waals surface area contributed by atoms with Crippen molar-refractivity contribution in [2.24, 2.45) is 5.41 Å². The second kappa shape index (κ2) is 5.56. The van der Waals surface area contributed by atoms with Crippen LogP contribution < -0.4 is 16.2 Å². The van der Waals surface area contributed by atoms with Gasteiger partial charge in [0.25, 0.3) is 5.56 Å². The Bertz CT molecular complexity index is 509. The van der Waals surface area contributed by atoms with Crippen LogP contribution in [0.5, 0.6) is 0 Å². The molecular formula is C15H26N4O. The minimum atomic E-state index is -0.227. The van der Waals surface area contributed by atoms with Crippen LogP contribution in [0.15, 0.2) is 17.2 Å². The van der Waals surface area contributed by atoms with Crippen molar-refractivity contribution in [2.45, 2.75) is 46.1 Å². The predicted molar refractivity (Wildman–Crippen MR) is 82.2 cm³/mol. The fourth-order valence-electron chi connectivity index (χ4n) is 2.57. The fraction of sp³-hybridized carbons (Fsp3) is 0.733. The number of nitrogens with one attached hydrogen (secondary N) is 2. The highest BCUT2D eigenvalue weighted by atomic mass is 16.1. The number of aromatic nitrogens is 2. The lowest BCUT2D eigenvalue weighted by Crippen LogP contribution is -2.40. The van der Waals surface area contributed by atoms with Crippen LogP contribution in [-0.2, 0) is 5.54 Å². The van der Waals surface area contributed by atoms with Gasteiger partial charge in [0.2, 0.25) is 0 Å². The summed E-state index contributed by atoms with van der Waals surface area (Å²) in [7, 11) is 0. The molecule has 0 spiro atoms. The summed E-state index contributed by atoms with van der Waals surface area (Å²) in [6.45, 7) is 11.2. The van der Waals surface area contributed by atoms with Gasteiger partial charge in [0.15, 0.2) is 5.82 Å². The highest BCUT2D eigenvalue weighted by molar-refractivity contribution is 5.31. The molecule has 0 bridgehead atoms. The van der Waals surface area contributed by atoms with E-state index in [1.54, 1.807) is 17.0 Å². The zero-order valence-corrected chi connectivity index (χ0v) is 13.0. The van der Waals surface area contributed by atoms with Crippen molar-refractivity contribution in [1.82, 2.24) is 14.9 Å². The third kappa shape index (κ3) is 3.39. The summed E-state index contributed by atoms with van der Waals surface area (Å²) in [6.07, 6.45) is 5.69. The summed E-state index contributed by atoms with van der Waals surface area (Å²) >= 11 is 0. The van der Waals surface area contributed by atoms with Crippen molar-refractivity contribution in [3.63, 3.8) is 0 Å². The van der Waals surface area contributed by atoms with Crippen molar-refractivity contribution in [2.75, 3.05) is 25.0 Å². The first-order valence-corrected chi connectivity index (χ1v) is 7.35. The molecule has 0 saturated carbocycles. The lowest BCUT2D eigenvalue weighted by atomic mass is 9.81. The first kappa shape index (κ1) is 15.0. The second-order valence-corrected chi connectivity index (χ2v) is 7.04. The Labute approximate surface area is 120 Å². The van der Waals surface area contributed by atoms with E-state index < -0.39 is 0 Å². The number of nitrogens with zero attached hydrogens (tertiary/aromatic N) is 2. The lowest BCUT2D eigenvalue weighted by molar-refractivity contribution is 0.247. The van der Waals surface area contributed by atoms with Crippen molar-refractivity contribution in [3.05, 3.63) is 22.7 Å². The van der Waals surface area contributed by atoms with Gasteiger partial charge in [-0.25, -0.2) is 4.98 Å². The molecule has 0 radical (unpaired) electrons. The van der Waals surface area contributed by atoms with Crippen LogP contribution in [0.1, 0.15) is 40.5 Å². The Morgan fingerprint density at radius 1 is 1.40 bits per heavy atom. The maximum atomic E-state index is 12.4. The molecule has 5 heteroatoms. The van der Waals surface area contributed by atoms with Gasteiger partial charge >= 0.3 is 0 Å². The smallest absolute Gasteiger partial charge is 0.293 e. The average molecular weight is 278 g/mol. The van der Waals surface area contributed by atoms with Crippen LogP contribution in [0.25, 0.3) is 0 Å². The van der Waals surface area contributed by atoms with Crippen LogP contribution in [0.2, 0.25) is 0 Å². The predicted octanol–water partition coefficient (Wildman–Crippen LogP) is 1.80. The minimum Gasteiger partial charge on any atom is -0.365 e. The number of rotatable bonds is 3. The van der Waals surface area contributed by atoms with E-state index in [1.807, 2.05) is 20.8 Å². The molecule has 20 heavy (non-hydrogen) atoms. The highest BCUT2D eigenvalue weighted by Gasteiger charge is 2.27. The largest absolute Gasteiger partial charge is 0.365 e. The molecule has 1 saturated heterocycles. The maximum absolute atomic E-state index is 12.4. The standard InChI is InChI=1S/C15H26N4O/c1-14(2,3)19-10-9-17-12(13(19)20)18-11-15(4)5-7-16-8-6-15/h9-10,16H,5-8,11H2,1-4H3,(H,17,18). The molecule has 1 aromatic rings. The summed E-state index contributed by atoms with van der Waals surface area (Å²) in [6, 6.07) is 0. The first-order valence-electron chi connectivity index (χ1n) is 7.35. The molecule has 112 valence electrons. The normalized spacial score (nSPS) is 18.8. The topological polar surface area (TPSA) is 59.0 Å². The van der Waals surface area contributed by atoms with Crippen molar-refractivity contribution >= 4 is 5.82 Å². The molecule has 0 aliphatic carbocycles. The number of piperidine rings is 1. The summed E-state index contributed by atoms with van der Waals surface area (Å²) in [4.78, 5) is 16.6. The van der Waals surface area contributed by atoms with Crippen LogP contribution in [0.3, 0.4) is 0 Å². The van der Waals surface area contributed by atoms with Gasteiger partial charge in [0.1, 0.15) is 0 Å². The molecule has 0 atom stereocenters. The van der Waals surface area contributed by atoms with E-state index in [0.29, 0.717) is 5.82 Å². The second-order valence-electron chi connectivity index (χ2n) is 7.04. The van der Waals surface area contributed by atoms with E-state index in [0.717, 1.165) is 32.5 Å². The Kier molecular flexibility index (Phi) is 4.18. The molecule has 2 rings (SSSR count). The van der Waals surface area contributed by atoms with Gasteiger partial charge in [0.05, 0.1) is 0 Å². The average Bonchev–Trinajstić information content (AvgIpc) is 2.37. The summed E-state index contributed by atoms with van der Waals surface area (Å²) in [5.41, 5.74) is -0.0331. The van der Waals surface area contributed by atoms with Crippen molar-refractivity contribution in [3.8, 4) is 0 Å². The van der Waals surface area contributed by atoms with Gasteiger partial charge in [0, 0.05) is 24.5 Å². The molecule has 1 aliphatic rings. The fourth-order valence-corrected chi connectivity index (χ4v) is 2.57. The molecule has 2 heterocycles. The third-order valence-electron chi connectivity index (χ3n) is 4.06. The number of anilines is 1. The van der Waals surface area contributed by atoms with Gasteiger partial charge < -0.3 is 15.2 Å². The summed E-state index contributed by atoms with van der Waals surface area (Å²) < 4.78 is 1.73.